The molecule has 2 N–H and O–H groups in total. The van der Waals surface area contributed by atoms with E-state index in [9.17, 15) is 14.7 Å². The molecule has 0 atom stereocenters. The lowest BCUT2D eigenvalue weighted by molar-refractivity contribution is -0.133. The van der Waals surface area contributed by atoms with E-state index in [0.717, 1.165) is 18.4 Å². The van der Waals surface area contributed by atoms with Crippen molar-refractivity contribution in [2.75, 3.05) is 13.2 Å². The summed E-state index contributed by atoms with van der Waals surface area (Å²) in [5, 5.41) is 18.5. The Balaban J connectivity index is 5.74. The van der Waals surface area contributed by atoms with Crippen molar-refractivity contribution in [2.45, 2.75) is 54.4 Å². The van der Waals surface area contributed by atoms with Gasteiger partial charge in [0.1, 0.15) is 0 Å². The molecule has 5 heteroatoms. The maximum absolute atomic E-state index is 11.8. The van der Waals surface area contributed by atoms with Crippen LogP contribution in [-0.4, -0.2) is 35.4 Å². The first-order chi connectivity index (χ1) is 10.4. The molecule has 0 unspecified atom stereocenters. The molecule has 0 spiro atoms. The molecule has 0 aliphatic carbocycles. The number of hydrogen-bond acceptors (Lipinski definition) is 3. The minimum atomic E-state index is -1.14. The second-order valence-electron chi connectivity index (χ2n) is 7.04. The molecule has 0 fully saturated rings. The largest absolute Gasteiger partial charge is 0.478 e. The first kappa shape index (κ1) is 21.4. The van der Waals surface area contributed by atoms with Gasteiger partial charge in [-0.2, -0.15) is 0 Å². The van der Waals surface area contributed by atoms with Crippen LogP contribution in [0.25, 0.3) is 0 Å². The zero-order valence-electron chi connectivity index (χ0n) is 15.2. The van der Waals surface area contributed by atoms with E-state index in [4.69, 9.17) is 9.84 Å². The molecule has 0 amide bonds. The number of carbonyl (C=O) groups is 2. The molecule has 0 aromatic carbocycles. The first-order valence-corrected chi connectivity index (χ1v) is 7.86. The Kier molecular flexibility index (Phi) is 7.71. The highest BCUT2D eigenvalue weighted by atomic mass is 16.5. The van der Waals surface area contributed by atoms with Gasteiger partial charge in [-0.1, -0.05) is 48.1 Å². The van der Waals surface area contributed by atoms with E-state index in [2.05, 4.69) is 6.58 Å². The Labute approximate surface area is 139 Å². The van der Waals surface area contributed by atoms with Gasteiger partial charge in [-0.3, -0.25) is 0 Å². The smallest absolute Gasteiger partial charge is 0.333 e. The molecule has 0 aromatic rings. The number of carboxylic acid groups (broad SMARTS) is 2. The molecule has 0 bridgehead atoms. The van der Waals surface area contributed by atoms with Gasteiger partial charge in [0.15, 0.2) is 0 Å². The number of ether oxygens (including phenoxy) is 1. The fourth-order valence-electron chi connectivity index (χ4n) is 2.67. The van der Waals surface area contributed by atoms with E-state index >= 15 is 0 Å². The highest BCUT2D eigenvalue weighted by molar-refractivity contribution is 5.88. The number of hydrogen-bond donors (Lipinski definition) is 2. The van der Waals surface area contributed by atoms with Gasteiger partial charge in [-0.05, 0) is 29.2 Å². The Hall–Kier alpha value is -1.62. The third kappa shape index (κ3) is 5.82. The topological polar surface area (TPSA) is 83.8 Å². The summed E-state index contributed by atoms with van der Waals surface area (Å²) in [7, 11) is 0. The Morgan fingerprint density at radius 2 is 1.35 bits per heavy atom. The van der Waals surface area contributed by atoms with Crippen LogP contribution in [0.2, 0.25) is 0 Å². The van der Waals surface area contributed by atoms with Gasteiger partial charge in [0.05, 0.1) is 24.4 Å². The fourth-order valence-corrected chi connectivity index (χ4v) is 2.67. The van der Waals surface area contributed by atoms with Gasteiger partial charge < -0.3 is 14.9 Å². The van der Waals surface area contributed by atoms with Gasteiger partial charge in [-0.15, -0.1) is 0 Å². The van der Waals surface area contributed by atoms with Crippen molar-refractivity contribution in [3.05, 3.63) is 23.3 Å². The number of aliphatic carboxylic acids is 2. The zero-order chi connectivity index (χ0) is 18.4. The predicted molar refractivity (Wildman–Crippen MR) is 90.4 cm³/mol. The van der Waals surface area contributed by atoms with E-state index in [-0.39, 0.29) is 35.2 Å². The number of carboxylic acids is 2. The van der Waals surface area contributed by atoms with Crippen molar-refractivity contribution in [3.8, 4) is 0 Å². The summed E-state index contributed by atoms with van der Waals surface area (Å²) in [6.45, 7) is 15.2. The zero-order valence-corrected chi connectivity index (χ0v) is 15.2. The molecule has 23 heavy (non-hydrogen) atoms. The molecule has 0 rings (SSSR count). The van der Waals surface area contributed by atoms with Crippen molar-refractivity contribution in [1.29, 1.82) is 0 Å². The summed E-state index contributed by atoms with van der Waals surface area (Å²) in [5.74, 6) is -2.17. The van der Waals surface area contributed by atoms with Crippen LogP contribution in [-0.2, 0) is 14.3 Å². The minimum absolute atomic E-state index is 0.0965. The summed E-state index contributed by atoms with van der Waals surface area (Å²) in [5.41, 5.74) is 0.381. The van der Waals surface area contributed by atoms with Gasteiger partial charge >= 0.3 is 11.9 Å². The van der Waals surface area contributed by atoms with Crippen LogP contribution in [0.1, 0.15) is 54.4 Å². The van der Waals surface area contributed by atoms with Gasteiger partial charge in [0.25, 0.3) is 0 Å². The number of allylic oxidation sites excluding steroid dienone is 1. The Morgan fingerprint density at radius 3 is 1.65 bits per heavy atom. The maximum Gasteiger partial charge on any atom is 0.333 e. The fraction of sp³-hybridized carbons (Fsp3) is 0.667. The standard InChI is InChI=1S/C18H30O5/c1-8-17(4,5)14(18(6,7)9-2)13(16(21)22)11-23-10-12(3)15(19)20/h3,8-11H2,1-2,4-7H3,(H,19,20)(H,21,22). The molecule has 0 radical (unpaired) electrons. The molecule has 0 saturated heterocycles. The SMILES string of the molecule is C=C(COCC(C(=O)O)=C(C(C)(C)CC)C(C)(C)CC)C(=O)O. The van der Waals surface area contributed by atoms with Gasteiger partial charge in [0, 0.05) is 0 Å². The van der Waals surface area contributed by atoms with Crippen LogP contribution in [0.5, 0.6) is 0 Å². The summed E-state index contributed by atoms with van der Waals surface area (Å²) in [6, 6.07) is 0. The lowest BCUT2D eigenvalue weighted by atomic mass is 9.65. The highest BCUT2D eigenvalue weighted by Gasteiger charge is 2.37. The molecule has 0 aliphatic heterocycles. The molecular formula is C18H30O5. The molecule has 0 aliphatic rings. The van der Waals surface area contributed by atoms with E-state index in [1.807, 2.05) is 41.5 Å². The van der Waals surface area contributed by atoms with Crippen molar-refractivity contribution >= 4 is 11.9 Å². The van der Waals surface area contributed by atoms with Crippen LogP contribution in [0.3, 0.4) is 0 Å². The maximum atomic E-state index is 11.8. The van der Waals surface area contributed by atoms with Crippen molar-refractivity contribution in [1.82, 2.24) is 0 Å². The lowest BCUT2D eigenvalue weighted by Crippen LogP contribution is -2.31. The second kappa shape index (κ2) is 8.29. The predicted octanol–water partition coefficient (Wildman–Crippen LogP) is 3.90. The van der Waals surface area contributed by atoms with E-state index in [1.54, 1.807) is 0 Å². The van der Waals surface area contributed by atoms with Crippen LogP contribution >= 0.6 is 0 Å². The Bertz CT molecular complexity index is 480. The summed E-state index contributed by atoms with van der Waals surface area (Å²) in [4.78, 5) is 22.5. The second-order valence-corrected chi connectivity index (χ2v) is 7.04. The van der Waals surface area contributed by atoms with Crippen molar-refractivity contribution in [2.24, 2.45) is 10.8 Å². The molecule has 5 nitrogen and oxygen atoms in total. The van der Waals surface area contributed by atoms with E-state index in [1.165, 1.54) is 0 Å². The van der Waals surface area contributed by atoms with Gasteiger partial charge in [-0.25, -0.2) is 9.59 Å². The van der Waals surface area contributed by atoms with Gasteiger partial charge in [0.2, 0.25) is 0 Å². The van der Waals surface area contributed by atoms with Crippen LogP contribution in [0, 0.1) is 10.8 Å². The summed E-state index contributed by atoms with van der Waals surface area (Å²) < 4.78 is 5.32. The quantitative estimate of drug-likeness (QED) is 0.595. The summed E-state index contributed by atoms with van der Waals surface area (Å²) in [6.07, 6.45) is 1.59. The van der Waals surface area contributed by atoms with Crippen LogP contribution < -0.4 is 0 Å². The normalized spacial score (nSPS) is 11.9. The third-order valence-corrected chi connectivity index (χ3v) is 4.51. The van der Waals surface area contributed by atoms with Crippen LogP contribution in [0.4, 0.5) is 0 Å². The summed E-state index contributed by atoms with van der Waals surface area (Å²) >= 11 is 0. The van der Waals surface area contributed by atoms with E-state index < -0.39 is 11.9 Å². The Morgan fingerprint density at radius 1 is 0.913 bits per heavy atom. The average Bonchev–Trinajstić information content (AvgIpc) is 2.45. The molecule has 0 saturated carbocycles. The van der Waals surface area contributed by atoms with Crippen LogP contribution in [0.15, 0.2) is 23.3 Å². The average molecular weight is 326 g/mol. The van der Waals surface area contributed by atoms with Crippen molar-refractivity contribution in [3.63, 3.8) is 0 Å². The monoisotopic (exact) mass is 326 g/mol. The first-order valence-electron chi connectivity index (χ1n) is 7.86. The molecular weight excluding hydrogens is 296 g/mol. The van der Waals surface area contributed by atoms with E-state index in [0.29, 0.717) is 0 Å². The third-order valence-electron chi connectivity index (χ3n) is 4.51. The lowest BCUT2D eigenvalue weighted by Gasteiger charge is -2.39. The molecule has 132 valence electrons. The molecule has 0 aromatic heterocycles. The minimum Gasteiger partial charge on any atom is -0.478 e. The highest BCUT2D eigenvalue weighted by Crippen LogP contribution is 2.45. The number of rotatable bonds is 10. The molecule has 0 heterocycles. The van der Waals surface area contributed by atoms with Crippen molar-refractivity contribution < 1.29 is 24.5 Å².